The van der Waals surface area contributed by atoms with Crippen LogP contribution in [-0.2, 0) is 12.7 Å². The summed E-state index contributed by atoms with van der Waals surface area (Å²) in [5.74, 6) is -1.30. The van der Waals surface area contributed by atoms with E-state index < -0.39 is 17.6 Å². The van der Waals surface area contributed by atoms with Crippen LogP contribution in [0, 0.1) is 23.5 Å². The van der Waals surface area contributed by atoms with Gasteiger partial charge < -0.3 is 4.90 Å². The largest absolute Gasteiger partial charge is 0.416 e. The second-order valence-corrected chi connectivity index (χ2v) is 10.4. The van der Waals surface area contributed by atoms with Crippen LogP contribution in [0.3, 0.4) is 0 Å². The summed E-state index contributed by atoms with van der Waals surface area (Å²) in [5, 5.41) is 0. The first-order valence-corrected chi connectivity index (χ1v) is 12.7. The smallest absolute Gasteiger partial charge is 0.338 e. The van der Waals surface area contributed by atoms with Crippen molar-refractivity contribution < 1.29 is 26.7 Å². The molecule has 2 unspecified atom stereocenters. The van der Waals surface area contributed by atoms with E-state index in [1.807, 2.05) is 19.9 Å². The van der Waals surface area contributed by atoms with Crippen LogP contribution >= 0.6 is 0 Å². The summed E-state index contributed by atoms with van der Waals surface area (Å²) in [4.78, 5) is 17.2. The van der Waals surface area contributed by atoms with Gasteiger partial charge in [0.15, 0.2) is 0 Å². The predicted molar refractivity (Wildman–Crippen MR) is 136 cm³/mol. The fraction of sp³-hybridized carbons (Fsp3) is 0.367. The zero-order valence-electron chi connectivity index (χ0n) is 21.4. The molecule has 3 nitrogen and oxygen atoms in total. The highest BCUT2D eigenvalue weighted by molar-refractivity contribution is 5.94. The minimum absolute atomic E-state index is 0.149. The van der Waals surface area contributed by atoms with Gasteiger partial charge in [-0.1, -0.05) is 44.2 Å². The van der Waals surface area contributed by atoms with Crippen LogP contribution in [0.1, 0.15) is 46.8 Å². The van der Waals surface area contributed by atoms with Crippen LogP contribution in [0.4, 0.5) is 22.0 Å². The maximum absolute atomic E-state index is 13.8. The first-order valence-electron chi connectivity index (χ1n) is 12.7. The second-order valence-electron chi connectivity index (χ2n) is 10.4. The maximum atomic E-state index is 13.8. The summed E-state index contributed by atoms with van der Waals surface area (Å²) in [6.45, 7) is 6.20. The van der Waals surface area contributed by atoms with Crippen molar-refractivity contribution in [2.45, 2.75) is 32.5 Å². The lowest BCUT2D eigenvalue weighted by atomic mass is 9.87. The van der Waals surface area contributed by atoms with Gasteiger partial charge in [-0.3, -0.25) is 9.69 Å². The molecule has 4 rings (SSSR count). The third-order valence-corrected chi connectivity index (χ3v) is 6.87. The number of alkyl halides is 3. The van der Waals surface area contributed by atoms with Crippen LogP contribution < -0.4 is 0 Å². The fourth-order valence-electron chi connectivity index (χ4n) is 5.23. The zero-order chi connectivity index (χ0) is 27.4. The summed E-state index contributed by atoms with van der Waals surface area (Å²) < 4.78 is 67.8. The van der Waals surface area contributed by atoms with Gasteiger partial charge in [0, 0.05) is 44.2 Å². The Morgan fingerprint density at radius 1 is 0.947 bits per heavy atom. The van der Waals surface area contributed by atoms with Crippen molar-refractivity contribution in [3.63, 3.8) is 0 Å². The molecule has 3 aromatic carbocycles. The quantitative estimate of drug-likeness (QED) is 0.293. The SMILES string of the molecule is CC(C)CN(CC1CN(Cc2cccc(F)c2)CC1c1cccc(C(F)(F)F)c1)C(=O)c1ccc(F)cc1. The van der Waals surface area contributed by atoms with Gasteiger partial charge in [0.05, 0.1) is 5.56 Å². The Kier molecular flexibility index (Phi) is 8.51. The van der Waals surface area contributed by atoms with Crippen LogP contribution in [0.5, 0.6) is 0 Å². The van der Waals surface area contributed by atoms with Gasteiger partial charge >= 0.3 is 6.18 Å². The number of amides is 1. The molecule has 0 aliphatic carbocycles. The fourth-order valence-corrected chi connectivity index (χ4v) is 5.23. The van der Waals surface area contributed by atoms with Crippen LogP contribution in [0.2, 0.25) is 0 Å². The van der Waals surface area contributed by atoms with E-state index in [9.17, 15) is 26.7 Å². The molecular weight excluding hydrogens is 499 g/mol. The highest BCUT2D eigenvalue weighted by atomic mass is 19.4. The molecule has 1 heterocycles. The van der Waals surface area contributed by atoms with Crippen molar-refractivity contribution in [3.8, 4) is 0 Å². The Balaban J connectivity index is 1.63. The van der Waals surface area contributed by atoms with Gasteiger partial charge in [0.2, 0.25) is 0 Å². The van der Waals surface area contributed by atoms with Gasteiger partial charge in [0.25, 0.3) is 5.91 Å². The molecule has 1 fully saturated rings. The average molecular weight is 531 g/mol. The molecule has 0 spiro atoms. The maximum Gasteiger partial charge on any atom is 0.416 e. The molecule has 0 aromatic heterocycles. The first-order chi connectivity index (χ1) is 18.0. The van der Waals surface area contributed by atoms with Gasteiger partial charge in [-0.05, 0) is 65.4 Å². The number of likely N-dealkylation sites (tertiary alicyclic amines) is 1. The number of carbonyl (C=O) groups is 1. The molecule has 8 heteroatoms. The highest BCUT2D eigenvalue weighted by Gasteiger charge is 2.38. The van der Waals surface area contributed by atoms with E-state index in [4.69, 9.17) is 0 Å². The van der Waals surface area contributed by atoms with E-state index in [1.165, 1.54) is 48.5 Å². The molecule has 0 bridgehead atoms. The van der Waals surface area contributed by atoms with E-state index in [0.29, 0.717) is 43.9 Å². The zero-order valence-corrected chi connectivity index (χ0v) is 21.4. The second kappa shape index (κ2) is 11.6. The van der Waals surface area contributed by atoms with Crippen LogP contribution in [0.15, 0.2) is 72.8 Å². The lowest BCUT2D eigenvalue weighted by Gasteiger charge is -2.30. The molecule has 2 atom stereocenters. The van der Waals surface area contributed by atoms with E-state index >= 15 is 0 Å². The minimum Gasteiger partial charge on any atom is -0.338 e. The van der Waals surface area contributed by atoms with Crippen LogP contribution in [-0.4, -0.2) is 41.9 Å². The summed E-state index contributed by atoms with van der Waals surface area (Å²) in [5.41, 5.74) is 0.983. The Bertz CT molecular complexity index is 1240. The van der Waals surface area contributed by atoms with Gasteiger partial charge in [-0.2, -0.15) is 13.2 Å². The number of benzene rings is 3. The molecule has 0 saturated carbocycles. The summed E-state index contributed by atoms with van der Waals surface area (Å²) in [6.07, 6.45) is -4.46. The molecule has 1 aliphatic rings. The van der Waals surface area contributed by atoms with Crippen LogP contribution in [0.25, 0.3) is 0 Å². The van der Waals surface area contributed by atoms with Crippen molar-refractivity contribution in [2.75, 3.05) is 26.2 Å². The molecule has 202 valence electrons. The minimum atomic E-state index is -4.46. The summed E-state index contributed by atoms with van der Waals surface area (Å²) in [7, 11) is 0. The number of nitrogens with zero attached hydrogens (tertiary/aromatic N) is 2. The van der Waals surface area contributed by atoms with Crippen molar-refractivity contribution in [1.82, 2.24) is 9.80 Å². The van der Waals surface area contributed by atoms with Crippen molar-refractivity contribution in [1.29, 1.82) is 0 Å². The molecule has 0 radical (unpaired) electrons. The number of carbonyl (C=O) groups excluding carboxylic acids is 1. The van der Waals surface area contributed by atoms with Gasteiger partial charge in [0.1, 0.15) is 11.6 Å². The number of halogens is 5. The number of hydrogen-bond acceptors (Lipinski definition) is 2. The Labute approximate surface area is 219 Å². The molecular formula is C30H31F5N2O. The molecule has 0 N–H and O–H groups in total. The highest BCUT2D eigenvalue weighted by Crippen LogP contribution is 2.37. The van der Waals surface area contributed by atoms with Crippen molar-refractivity contribution in [3.05, 3.63) is 107 Å². The molecule has 1 amide bonds. The summed E-state index contributed by atoms with van der Waals surface area (Å²) in [6, 6.07) is 17.0. The van der Waals surface area contributed by atoms with E-state index in [-0.39, 0.29) is 29.5 Å². The van der Waals surface area contributed by atoms with Crippen molar-refractivity contribution >= 4 is 5.91 Å². The number of rotatable bonds is 8. The monoisotopic (exact) mass is 530 g/mol. The summed E-state index contributed by atoms with van der Waals surface area (Å²) >= 11 is 0. The third kappa shape index (κ3) is 6.98. The molecule has 1 saturated heterocycles. The Morgan fingerprint density at radius 3 is 2.32 bits per heavy atom. The Morgan fingerprint density at radius 2 is 1.66 bits per heavy atom. The van der Waals surface area contributed by atoms with E-state index in [2.05, 4.69) is 4.90 Å². The lowest BCUT2D eigenvalue weighted by molar-refractivity contribution is -0.137. The normalized spacial score (nSPS) is 18.2. The average Bonchev–Trinajstić information content (AvgIpc) is 3.25. The third-order valence-electron chi connectivity index (χ3n) is 6.87. The topological polar surface area (TPSA) is 23.6 Å². The van der Waals surface area contributed by atoms with Gasteiger partial charge in [-0.25, -0.2) is 8.78 Å². The standard InChI is InChI=1S/C30H31F5N2O/c1-20(2)15-37(29(38)22-9-11-26(31)12-10-22)18-24-17-36(16-21-5-3-8-27(32)13-21)19-28(24)23-6-4-7-25(14-23)30(33,34)35/h3-14,20,24,28H,15-19H2,1-2H3. The number of hydrogen-bond donors (Lipinski definition) is 0. The van der Waals surface area contributed by atoms with E-state index in [0.717, 1.165) is 11.6 Å². The molecule has 1 aliphatic heterocycles. The molecule has 3 aromatic rings. The van der Waals surface area contributed by atoms with Crippen molar-refractivity contribution in [2.24, 2.45) is 11.8 Å². The Hall–Kier alpha value is -3.26. The van der Waals surface area contributed by atoms with Gasteiger partial charge in [-0.15, -0.1) is 0 Å². The lowest BCUT2D eigenvalue weighted by Crippen LogP contribution is -2.39. The molecule has 38 heavy (non-hydrogen) atoms. The van der Waals surface area contributed by atoms with E-state index in [1.54, 1.807) is 17.0 Å². The first kappa shape index (κ1) is 27.8. The predicted octanol–water partition coefficient (Wildman–Crippen LogP) is 7.00.